The minimum Gasteiger partial charge on any atom is -0.462 e. The molecule has 0 rings (SSSR count). The van der Waals surface area contributed by atoms with Crippen molar-refractivity contribution in [2.75, 3.05) is 19.8 Å². The highest BCUT2D eigenvalue weighted by atomic mass is 31.2. The zero-order valence-corrected chi connectivity index (χ0v) is 34.2. The van der Waals surface area contributed by atoms with Gasteiger partial charge in [-0.15, -0.1) is 0 Å². The smallest absolute Gasteiger partial charge is 0.462 e. The van der Waals surface area contributed by atoms with Crippen molar-refractivity contribution in [1.29, 1.82) is 0 Å². The van der Waals surface area contributed by atoms with Gasteiger partial charge in [-0.1, -0.05) is 167 Å². The predicted molar refractivity (Wildman–Crippen MR) is 212 cm³/mol. The molecule has 0 bridgehead atoms. The van der Waals surface area contributed by atoms with Crippen LogP contribution in [0.4, 0.5) is 0 Å². The number of phosphoric ester groups is 1. The minimum absolute atomic E-state index is 0.00142. The predicted octanol–water partition coefficient (Wildman–Crippen LogP) is 13.1. The molecular formula is C42H79O8P. The lowest BCUT2D eigenvalue weighted by atomic mass is 10.0. The number of esters is 2. The van der Waals surface area contributed by atoms with Crippen LogP contribution < -0.4 is 0 Å². The molecule has 0 aliphatic rings. The number of hydrogen-bond donors (Lipinski definition) is 1. The van der Waals surface area contributed by atoms with Crippen molar-refractivity contribution in [2.45, 2.75) is 213 Å². The van der Waals surface area contributed by atoms with Crippen LogP contribution in [0.15, 0.2) is 24.3 Å². The Kier molecular flexibility index (Phi) is 37.2. The van der Waals surface area contributed by atoms with E-state index in [9.17, 15) is 19.0 Å². The molecule has 0 saturated carbocycles. The molecule has 0 saturated heterocycles. The van der Waals surface area contributed by atoms with Crippen molar-refractivity contribution in [3.63, 3.8) is 0 Å². The highest BCUT2D eigenvalue weighted by Gasteiger charge is 2.25. The number of carbonyl (C=O) groups is 2. The van der Waals surface area contributed by atoms with Crippen LogP contribution in [0.5, 0.6) is 0 Å². The van der Waals surface area contributed by atoms with Gasteiger partial charge in [0.15, 0.2) is 6.10 Å². The van der Waals surface area contributed by atoms with Gasteiger partial charge in [-0.05, 0) is 51.9 Å². The number of hydrogen-bond acceptors (Lipinski definition) is 7. The van der Waals surface area contributed by atoms with Crippen molar-refractivity contribution in [2.24, 2.45) is 0 Å². The Bertz CT molecular complexity index is 890. The molecule has 2 unspecified atom stereocenters. The molecule has 0 fully saturated rings. The van der Waals surface area contributed by atoms with Gasteiger partial charge >= 0.3 is 19.8 Å². The van der Waals surface area contributed by atoms with Crippen molar-refractivity contribution in [1.82, 2.24) is 0 Å². The first-order valence-electron chi connectivity index (χ1n) is 21.1. The molecule has 0 heterocycles. The second-order valence-electron chi connectivity index (χ2n) is 14.0. The average molecular weight is 743 g/mol. The molecule has 2 atom stereocenters. The van der Waals surface area contributed by atoms with Crippen molar-refractivity contribution >= 4 is 19.8 Å². The van der Waals surface area contributed by atoms with Gasteiger partial charge in [0.2, 0.25) is 0 Å². The standard InChI is InChI=1S/C42H79O8P/c1-4-7-9-11-13-15-17-19-20-21-22-23-24-25-27-29-31-33-35-37-42(44)50-40(39-49-51(45,46)48-6-3)38-47-41(43)36-34-32-30-28-26-18-16-14-12-10-8-5-2/h13,15,19-20,40H,4-12,14,16-18,21-39H2,1-3H3,(H,45,46)/b15-13-,20-19-. The lowest BCUT2D eigenvalue weighted by molar-refractivity contribution is -0.161. The number of rotatable bonds is 39. The van der Waals surface area contributed by atoms with Crippen LogP contribution in [-0.4, -0.2) is 42.8 Å². The molecule has 0 radical (unpaired) electrons. The van der Waals surface area contributed by atoms with Gasteiger partial charge in [-0.25, -0.2) is 4.57 Å². The molecule has 0 aliphatic heterocycles. The molecule has 0 aromatic heterocycles. The second-order valence-corrected chi connectivity index (χ2v) is 15.5. The average Bonchev–Trinajstić information content (AvgIpc) is 3.10. The van der Waals surface area contributed by atoms with Gasteiger partial charge in [0, 0.05) is 12.8 Å². The van der Waals surface area contributed by atoms with E-state index in [4.69, 9.17) is 18.5 Å². The number of allylic oxidation sites excluding steroid dienone is 4. The zero-order chi connectivity index (χ0) is 37.5. The fourth-order valence-electron chi connectivity index (χ4n) is 5.89. The van der Waals surface area contributed by atoms with Crippen molar-refractivity contribution in [3.8, 4) is 0 Å². The summed E-state index contributed by atoms with van der Waals surface area (Å²) in [6.07, 6.45) is 40.8. The topological polar surface area (TPSA) is 108 Å². The molecule has 300 valence electrons. The molecule has 0 aromatic carbocycles. The van der Waals surface area contributed by atoms with Crippen LogP contribution in [-0.2, 0) is 32.7 Å². The molecule has 9 heteroatoms. The Morgan fingerprint density at radius 2 is 0.941 bits per heavy atom. The summed E-state index contributed by atoms with van der Waals surface area (Å²) in [5, 5.41) is 0. The Hall–Kier alpha value is -1.47. The van der Waals surface area contributed by atoms with Crippen LogP contribution >= 0.6 is 7.82 Å². The van der Waals surface area contributed by atoms with Crippen LogP contribution in [0.3, 0.4) is 0 Å². The lowest BCUT2D eigenvalue weighted by Crippen LogP contribution is -2.29. The Morgan fingerprint density at radius 3 is 1.43 bits per heavy atom. The number of ether oxygens (including phenoxy) is 2. The molecule has 8 nitrogen and oxygen atoms in total. The number of carbonyl (C=O) groups excluding carboxylic acids is 2. The first-order valence-corrected chi connectivity index (χ1v) is 22.6. The van der Waals surface area contributed by atoms with Gasteiger partial charge in [0.05, 0.1) is 13.2 Å². The molecule has 1 N–H and O–H groups in total. The summed E-state index contributed by atoms with van der Waals surface area (Å²) in [6.45, 7) is 5.45. The summed E-state index contributed by atoms with van der Waals surface area (Å²) in [5.74, 6) is -0.796. The lowest BCUT2D eigenvalue weighted by Gasteiger charge is -2.19. The van der Waals surface area contributed by atoms with Gasteiger partial charge in [-0.3, -0.25) is 18.6 Å². The first-order chi connectivity index (χ1) is 24.8. The maximum atomic E-state index is 12.5. The highest BCUT2D eigenvalue weighted by Crippen LogP contribution is 2.43. The third kappa shape index (κ3) is 38.1. The van der Waals surface area contributed by atoms with E-state index in [2.05, 4.69) is 38.2 Å². The van der Waals surface area contributed by atoms with Gasteiger partial charge in [0.1, 0.15) is 6.61 Å². The van der Waals surface area contributed by atoms with Gasteiger partial charge in [0.25, 0.3) is 0 Å². The largest absolute Gasteiger partial charge is 0.472 e. The maximum Gasteiger partial charge on any atom is 0.472 e. The summed E-state index contributed by atoms with van der Waals surface area (Å²) < 4.78 is 32.6. The monoisotopic (exact) mass is 743 g/mol. The highest BCUT2D eigenvalue weighted by molar-refractivity contribution is 7.47. The fourth-order valence-corrected chi connectivity index (χ4v) is 6.65. The van der Waals surface area contributed by atoms with E-state index in [1.165, 1.54) is 122 Å². The second kappa shape index (κ2) is 38.3. The van der Waals surface area contributed by atoms with Crippen LogP contribution in [0.2, 0.25) is 0 Å². The summed E-state index contributed by atoms with van der Waals surface area (Å²) in [4.78, 5) is 34.7. The molecule has 0 aliphatic carbocycles. The van der Waals surface area contributed by atoms with E-state index in [-0.39, 0.29) is 25.6 Å². The summed E-state index contributed by atoms with van der Waals surface area (Å²) >= 11 is 0. The first kappa shape index (κ1) is 49.5. The molecule has 0 amide bonds. The van der Waals surface area contributed by atoms with E-state index >= 15 is 0 Å². The van der Waals surface area contributed by atoms with Crippen LogP contribution in [0.1, 0.15) is 207 Å². The normalized spacial score (nSPS) is 13.6. The quantitative estimate of drug-likeness (QED) is 0.0287. The molecule has 0 aromatic rings. The van der Waals surface area contributed by atoms with Crippen molar-refractivity contribution in [3.05, 3.63) is 24.3 Å². The third-order valence-electron chi connectivity index (χ3n) is 9.01. The van der Waals surface area contributed by atoms with E-state index in [1.54, 1.807) is 6.92 Å². The summed E-state index contributed by atoms with van der Waals surface area (Å²) in [7, 11) is -4.27. The summed E-state index contributed by atoms with van der Waals surface area (Å²) in [6, 6.07) is 0. The number of phosphoric acid groups is 1. The fraction of sp³-hybridized carbons (Fsp3) is 0.857. The van der Waals surface area contributed by atoms with E-state index < -0.39 is 26.5 Å². The van der Waals surface area contributed by atoms with Crippen LogP contribution in [0.25, 0.3) is 0 Å². The maximum absolute atomic E-state index is 12.5. The third-order valence-corrected chi connectivity index (χ3v) is 10.1. The molecule has 0 spiro atoms. The van der Waals surface area contributed by atoms with E-state index in [1.807, 2.05) is 0 Å². The SMILES string of the molecule is CCCCC/C=C\C/C=C\CCCCCCCCCCCC(=O)OC(COC(=O)CCCCCCCCCCCCCC)COP(=O)(O)OCC. The van der Waals surface area contributed by atoms with Gasteiger partial charge < -0.3 is 14.4 Å². The Morgan fingerprint density at radius 1 is 0.529 bits per heavy atom. The van der Waals surface area contributed by atoms with Crippen molar-refractivity contribution < 1.29 is 37.6 Å². The van der Waals surface area contributed by atoms with Crippen LogP contribution in [0, 0.1) is 0 Å². The van der Waals surface area contributed by atoms with Gasteiger partial charge in [-0.2, -0.15) is 0 Å². The number of unbranched alkanes of at least 4 members (excludes halogenated alkanes) is 23. The zero-order valence-electron chi connectivity index (χ0n) is 33.3. The minimum atomic E-state index is -4.27. The van der Waals surface area contributed by atoms with E-state index in [0.717, 1.165) is 44.9 Å². The Balaban J connectivity index is 4.06. The molecular weight excluding hydrogens is 663 g/mol. The summed E-state index contributed by atoms with van der Waals surface area (Å²) in [5.41, 5.74) is 0. The van der Waals surface area contributed by atoms with E-state index in [0.29, 0.717) is 12.8 Å². The Labute approximate surface area is 313 Å². The molecule has 51 heavy (non-hydrogen) atoms.